The van der Waals surface area contributed by atoms with E-state index in [4.69, 9.17) is 9.15 Å². The van der Waals surface area contributed by atoms with E-state index >= 15 is 0 Å². The van der Waals surface area contributed by atoms with Crippen molar-refractivity contribution in [3.05, 3.63) is 30.2 Å². The molecule has 7 nitrogen and oxygen atoms in total. The highest BCUT2D eigenvalue weighted by molar-refractivity contribution is 5.95. The van der Waals surface area contributed by atoms with Crippen LogP contribution < -0.4 is 0 Å². The van der Waals surface area contributed by atoms with Crippen LogP contribution in [0.15, 0.2) is 28.8 Å². The van der Waals surface area contributed by atoms with E-state index in [9.17, 15) is 9.59 Å². The quantitative estimate of drug-likeness (QED) is 0.844. The number of piperazine rings is 1. The molecule has 0 aromatic carbocycles. The molecule has 0 aliphatic carbocycles. The molecule has 3 rings (SSSR count). The van der Waals surface area contributed by atoms with Gasteiger partial charge in [-0.1, -0.05) is 0 Å². The number of nitrogens with zero attached hydrogens (tertiary/aromatic N) is 3. The van der Waals surface area contributed by atoms with Crippen LogP contribution in [0, 0.1) is 0 Å². The monoisotopic (exact) mass is 303 g/mol. The van der Waals surface area contributed by atoms with Crippen LogP contribution in [0.1, 0.15) is 17.5 Å². The molecule has 1 aliphatic heterocycles. The Kier molecular flexibility index (Phi) is 3.95. The molecule has 0 spiro atoms. The highest BCUT2D eigenvalue weighted by Crippen LogP contribution is 2.18. The maximum atomic E-state index is 12.4. The van der Waals surface area contributed by atoms with Crippen LogP contribution >= 0.6 is 0 Å². The molecular weight excluding hydrogens is 286 g/mol. The van der Waals surface area contributed by atoms with Crippen molar-refractivity contribution in [3.63, 3.8) is 0 Å². The van der Waals surface area contributed by atoms with Crippen LogP contribution in [0.4, 0.5) is 4.79 Å². The summed E-state index contributed by atoms with van der Waals surface area (Å²) in [4.78, 5) is 31.5. The van der Waals surface area contributed by atoms with E-state index in [0.29, 0.717) is 43.9 Å². The second-order valence-corrected chi connectivity index (χ2v) is 4.98. The highest BCUT2D eigenvalue weighted by atomic mass is 16.6. The van der Waals surface area contributed by atoms with Gasteiger partial charge in [-0.15, -0.1) is 0 Å². The first kappa shape index (κ1) is 14.4. The Bertz CT molecular complexity index is 656. The maximum Gasteiger partial charge on any atom is 0.409 e. The molecule has 1 saturated heterocycles. The summed E-state index contributed by atoms with van der Waals surface area (Å²) in [7, 11) is 0. The Morgan fingerprint density at radius 1 is 1.27 bits per heavy atom. The molecule has 3 heterocycles. The molecule has 1 aliphatic rings. The van der Waals surface area contributed by atoms with Crippen LogP contribution in [0.25, 0.3) is 11.1 Å². The third kappa shape index (κ3) is 2.74. The van der Waals surface area contributed by atoms with Crippen LogP contribution in [-0.2, 0) is 4.74 Å². The second-order valence-electron chi connectivity index (χ2n) is 4.98. The van der Waals surface area contributed by atoms with Gasteiger partial charge in [-0.25, -0.2) is 4.79 Å². The predicted octanol–water partition coefficient (Wildman–Crippen LogP) is 1.74. The molecule has 2 aromatic heterocycles. The van der Waals surface area contributed by atoms with E-state index in [2.05, 4.69) is 4.98 Å². The van der Waals surface area contributed by atoms with E-state index in [0.717, 1.165) is 0 Å². The van der Waals surface area contributed by atoms with Crippen molar-refractivity contribution in [2.24, 2.45) is 0 Å². The Morgan fingerprint density at radius 2 is 2.00 bits per heavy atom. The smallest absolute Gasteiger partial charge is 0.409 e. The molecule has 0 atom stereocenters. The standard InChI is InChI=1S/C15H17N3O4/c1-2-21-15(20)18-8-6-17(7-9-18)14(19)13-10-11-12(22-13)4-3-5-16-11/h3-5,10H,2,6-9H2,1H3. The lowest BCUT2D eigenvalue weighted by Crippen LogP contribution is -2.50. The van der Waals surface area contributed by atoms with E-state index in [-0.39, 0.29) is 17.8 Å². The fourth-order valence-electron chi connectivity index (χ4n) is 2.44. The number of rotatable bonds is 2. The van der Waals surface area contributed by atoms with Gasteiger partial charge < -0.3 is 19.0 Å². The van der Waals surface area contributed by atoms with Gasteiger partial charge in [-0.2, -0.15) is 0 Å². The number of hydrogen-bond acceptors (Lipinski definition) is 5. The van der Waals surface area contributed by atoms with Gasteiger partial charge in [0, 0.05) is 38.4 Å². The number of aromatic nitrogens is 1. The summed E-state index contributed by atoms with van der Waals surface area (Å²) in [5.74, 6) is 0.0970. The summed E-state index contributed by atoms with van der Waals surface area (Å²) in [6.45, 7) is 3.97. The van der Waals surface area contributed by atoms with Gasteiger partial charge in [-0.3, -0.25) is 9.78 Å². The lowest BCUT2D eigenvalue weighted by atomic mass is 10.3. The average Bonchev–Trinajstić information content (AvgIpc) is 2.98. The van der Waals surface area contributed by atoms with Gasteiger partial charge in [0.2, 0.25) is 0 Å². The van der Waals surface area contributed by atoms with Crippen LogP contribution in [0.5, 0.6) is 0 Å². The van der Waals surface area contributed by atoms with Gasteiger partial charge in [-0.05, 0) is 19.1 Å². The predicted molar refractivity (Wildman–Crippen MR) is 78.5 cm³/mol. The molecule has 0 N–H and O–H groups in total. The Labute approximate surface area is 127 Å². The maximum absolute atomic E-state index is 12.4. The minimum absolute atomic E-state index is 0.179. The van der Waals surface area contributed by atoms with Crippen LogP contribution in [0.2, 0.25) is 0 Å². The number of carbonyl (C=O) groups is 2. The Morgan fingerprint density at radius 3 is 2.68 bits per heavy atom. The van der Waals surface area contributed by atoms with E-state index in [1.165, 1.54) is 0 Å². The zero-order valence-corrected chi connectivity index (χ0v) is 12.3. The van der Waals surface area contributed by atoms with Crippen LogP contribution in [-0.4, -0.2) is 59.6 Å². The summed E-state index contributed by atoms with van der Waals surface area (Å²) in [5, 5.41) is 0. The van der Waals surface area contributed by atoms with Gasteiger partial charge in [0.15, 0.2) is 11.3 Å². The van der Waals surface area contributed by atoms with Crippen molar-refractivity contribution in [1.82, 2.24) is 14.8 Å². The van der Waals surface area contributed by atoms with Crippen molar-refractivity contribution < 1.29 is 18.7 Å². The largest absolute Gasteiger partial charge is 0.450 e. The van der Waals surface area contributed by atoms with Crippen molar-refractivity contribution in [1.29, 1.82) is 0 Å². The first-order valence-corrected chi connectivity index (χ1v) is 7.24. The molecule has 22 heavy (non-hydrogen) atoms. The van der Waals surface area contributed by atoms with Gasteiger partial charge in [0.1, 0.15) is 5.52 Å². The molecule has 0 saturated carbocycles. The van der Waals surface area contributed by atoms with Crippen LogP contribution in [0.3, 0.4) is 0 Å². The fourth-order valence-corrected chi connectivity index (χ4v) is 2.44. The number of amides is 2. The second kappa shape index (κ2) is 6.05. The first-order valence-electron chi connectivity index (χ1n) is 7.24. The molecule has 1 fully saturated rings. The molecule has 0 radical (unpaired) electrons. The number of carbonyl (C=O) groups excluding carboxylic acids is 2. The van der Waals surface area contributed by atoms with Crippen molar-refractivity contribution in [2.45, 2.75) is 6.92 Å². The summed E-state index contributed by atoms with van der Waals surface area (Å²) < 4.78 is 10.5. The van der Waals surface area contributed by atoms with Crippen molar-refractivity contribution in [3.8, 4) is 0 Å². The fraction of sp³-hybridized carbons (Fsp3) is 0.400. The number of pyridine rings is 1. The lowest BCUT2D eigenvalue weighted by Gasteiger charge is -2.33. The summed E-state index contributed by atoms with van der Waals surface area (Å²) in [6.07, 6.45) is 1.33. The molecule has 0 unspecified atom stereocenters. The van der Waals surface area contributed by atoms with Crippen molar-refractivity contribution >= 4 is 23.1 Å². The van der Waals surface area contributed by atoms with Crippen molar-refractivity contribution in [2.75, 3.05) is 32.8 Å². The van der Waals surface area contributed by atoms with Gasteiger partial charge >= 0.3 is 6.09 Å². The number of ether oxygens (including phenoxy) is 1. The summed E-state index contributed by atoms with van der Waals surface area (Å²) in [5.41, 5.74) is 1.26. The molecule has 2 aromatic rings. The van der Waals surface area contributed by atoms with E-state index in [1.807, 2.05) is 0 Å². The normalized spacial score (nSPS) is 15.1. The summed E-state index contributed by atoms with van der Waals surface area (Å²) in [6, 6.07) is 5.19. The van der Waals surface area contributed by atoms with E-state index in [1.54, 1.807) is 41.1 Å². The Hall–Kier alpha value is -2.57. The van der Waals surface area contributed by atoms with Gasteiger partial charge in [0.25, 0.3) is 5.91 Å². The zero-order chi connectivity index (χ0) is 15.5. The highest BCUT2D eigenvalue weighted by Gasteiger charge is 2.27. The number of hydrogen-bond donors (Lipinski definition) is 0. The molecular formula is C15H17N3O4. The summed E-state index contributed by atoms with van der Waals surface area (Å²) >= 11 is 0. The van der Waals surface area contributed by atoms with E-state index < -0.39 is 0 Å². The molecule has 116 valence electrons. The first-order chi connectivity index (χ1) is 10.7. The Balaban J connectivity index is 1.65. The molecule has 2 amide bonds. The SMILES string of the molecule is CCOC(=O)N1CCN(C(=O)c2cc3ncccc3o2)CC1. The average molecular weight is 303 g/mol. The third-order valence-corrected chi connectivity index (χ3v) is 3.59. The minimum atomic E-state index is -0.331. The molecule has 0 bridgehead atoms. The molecule has 7 heteroatoms. The zero-order valence-electron chi connectivity index (χ0n) is 12.3. The topological polar surface area (TPSA) is 75.9 Å². The van der Waals surface area contributed by atoms with Gasteiger partial charge in [0.05, 0.1) is 6.61 Å². The number of furan rings is 1. The third-order valence-electron chi connectivity index (χ3n) is 3.59. The number of fused-ring (bicyclic) bond motifs is 1. The lowest BCUT2D eigenvalue weighted by molar-refractivity contribution is 0.0548. The minimum Gasteiger partial charge on any atom is -0.450 e.